The van der Waals surface area contributed by atoms with Gasteiger partial charge in [-0.15, -0.1) is 0 Å². The normalized spacial score (nSPS) is 16.9. The molecule has 0 radical (unpaired) electrons. The maximum Gasteiger partial charge on any atom is 0.166 e. The molecular formula is C19H16ClN3O2. The average Bonchev–Trinajstić information content (AvgIpc) is 2.92. The van der Waals surface area contributed by atoms with Crippen LogP contribution in [0.4, 0.5) is 0 Å². The van der Waals surface area contributed by atoms with Crippen LogP contribution in [0.25, 0.3) is 5.65 Å². The topological polar surface area (TPSA) is 64.3 Å². The van der Waals surface area contributed by atoms with Crippen molar-refractivity contribution in [3.05, 3.63) is 63.6 Å². The molecule has 1 unspecified atom stereocenters. The first-order valence-corrected chi connectivity index (χ1v) is 8.50. The van der Waals surface area contributed by atoms with Crippen molar-refractivity contribution in [1.82, 2.24) is 14.6 Å². The van der Waals surface area contributed by atoms with E-state index in [1.165, 1.54) is 6.92 Å². The molecule has 25 heavy (non-hydrogen) atoms. The lowest BCUT2D eigenvalue weighted by Gasteiger charge is -2.24. The Kier molecular flexibility index (Phi) is 3.69. The second-order valence-corrected chi connectivity index (χ2v) is 6.89. The lowest BCUT2D eigenvalue weighted by atomic mass is 9.82. The van der Waals surface area contributed by atoms with E-state index >= 15 is 0 Å². The van der Waals surface area contributed by atoms with Crippen LogP contribution in [0, 0.1) is 6.92 Å². The monoisotopic (exact) mass is 353 g/mol. The number of halogens is 1. The van der Waals surface area contributed by atoms with Gasteiger partial charge in [-0.25, -0.2) is 9.50 Å². The number of aromatic nitrogens is 3. The molecule has 3 aromatic rings. The van der Waals surface area contributed by atoms with E-state index in [0.29, 0.717) is 40.3 Å². The number of rotatable bonds is 2. The molecule has 1 aliphatic carbocycles. The summed E-state index contributed by atoms with van der Waals surface area (Å²) in [5.74, 6) is 0.0395. The molecular weight excluding hydrogens is 338 g/mol. The minimum Gasteiger partial charge on any atom is -0.294 e. The van der Waals surface area contributed by atoms with Gasteiger partial charge in [-0.05, 0) is 43.9 Å². The third-order valence-corrected chi connectivity index (χ3v) is 5.04. The molecule has 0 bridgehead atoms. The van der Waals surface area contributed by atoms with Gasteiger partial charge in [0, 0.05) is 17.6 Å². The van der Waals surface area contributed by atoms with Crippen LogP contribution < -0.4 is 0 Å². The number of aryl methyl sites for hydroxylation is 1. The van der Waals surface area contributed by atoms with E-state index < -0.39 is 0 Å². The lowest BCUT2D eigenvalue weighted by molar-refractivity contribution is 0.0961. The van der Waals surface area contributed by atoms with Crippen molar-refractivity contribution in [3.63, 3.8) is 0 Å². The fourth-order valence-corrected chi connectivity index (χ4v) is 3.71. The molecule has 126 valence electrons. The Bertz CT molecular complexity index is 1020. The first kappa shape index (κ1) is 16.0. The van der Waals surface area contributed by atoms with Crippen LogP contribution in [-0.4, -0.2) is 26.2 Å². The Morgan fingerprint density at radius 3 is 2.64 bits per heavy atom. The molecule has 4 rings (SSSR count). The molecule has 2 heterocycles. The fraction of sp³-hybridized carbons (Fsp3) is 0.263. The summed E-state index contributed by atoms with van der Waals surface area (Å²) in [4.78, 5) is 28.9. The van der Waals surface area contributed by atoms with Gasteiger partial charge < -0.3 is 0 Å². The van der Waals surface area contributed by atoms with Gasteiger partial charge in [-0.1, -0.05) is 23.7 Å². The van der Waals surface area contributed by atoms with Crippen molar-refractivity contribution in [3.8, 4) is 0 Å². The summed E-state index contributed by atoms with van der Waals surface area (Å²) in [7, 11) is 0. The number of Topliss-reactive ketones (excluding diaryl/α,β-unsaturated/α-hetero) is 2. The number of carbonyl (C=O) groups is 2. The van der Waals surface area contributed by atoms with Crippen molar-refractivity contribution in [2.75, 3.05) is 0 Å². The van der Waals surface area contributed by atoms with Crippen molar-refractivity contribution in [2.45, 2.75) is 32.6 Å². The number of fused-ring (bicyclic) bond motifs is 3. The molecule has 2 aromatic heterocycles. The smallest absolute Gasteiger partial charge is 0.166 e. The number of nitrogens with zero attached hydrogens (tertiary/aromatic N) is 3. The van der Waals surface area contributed by atoms with Crippen molar-refractivity contribution in [1.29, 1.82) is 0 Å². The molecule has 1 aliphatic rings. The standard InChI is InChI=1S/C19H16ClN3O2/c1-10-18(11(2)24)19-21-9-15-16(23(19)22-10)7-13(8-17(15)25)12-3-5-14(20)6-4-12/h3-6,9,13H,7-8H2,1-2H3. The highest BCUT2D eigenvalue weighted by atomic mass is 35.5. The summed E-state index contributed by atoms with van der Waals surface area (Å²) < 4.78 is 1.67. The zero-order chi connectivity index (χ0) is 17.7. The fourth-order valence-electron chi connectivity index (χ4n) is 3.59. The van der Waals surface area contributed by atoms with Crippen LogP contribution in [0.5, 0.6) is 0 Å². The summed E-state index contributed by atoms with van der Waals surface area (Å²) >= 11 is 5.97. The molecule has 6 heteroatoms. The van der Waals surface area contributed by atoms with E-state index in [1.807, 2.05) is 24.3 Å². The highest BCUT2D eigenvalue weighted by Gasteiger charge is 2.30. The van der Waals surface area contributed by atoms with Crippen molar-refractivity contribution in [2.24, 2.45) is 0 Å². The minimum atomic E-state index is -0.0728. The van der Waals surface area contributed by atoms with Crippen LogP contribution in [0.2, 0.25) is 5.02 Å². The second kappa shape index (κ2) is 5.77. The molecule has 1 aromatic carbocycles. The van der Waals surface area contributed by atoms with E-state index in [9.17, 15) is 9.59 Å². The predicted octanol–water partition coefficient (Wildman–Crippen LogP) is 3.81. The summed E-state index contributed by atoms with van der Waals surface area (Å²) in [5.41, 5.74) is 4.16. The van der Waals surface area contributed by atoms with Crippen LogP contribution in [0.15, 0.2) is 30.5 Å². The van der Waals surface area contributed by atoms with E-state index in [0.717, 1.165) is 11.3 Å². The highest BCUT2D eigenvalue weighted by molar-refractivity contribution is 6.30. The van der Waals surface area contributed by atoms with Gasteiger partial charge in [-0.2, -0.15) is 5.10 Å². The lowest BCUT2D eigenvalue weighted by Crippen LogP contribution is -2.22. The quantitative estimate of drug-likeness (QED) is 0.657. The maximum atomic E-state index is 12.6. The molecule has 0 N–H and O–H groups in total. The molecule has 0 spiro atoms. The largest absolute Gasteiger partial charge is 0.294 e. The van der Waals surface area contributed by atoms with Gasteiger partial charge in [0.25, 0.3) is 0 Å². The molecule has 0 amide bonds. The van der Waals surface area contributed by atoms with Crippen molar-refractivity contribution < 1.29 is 9.59 Å². The SMILES string of the molecule is CC(=O)c1c(C)nn2c3c(cnc12)C(=O)CC(c1ccc(Cl)cc1)C3. The Hall–Kier alpha value is -2.53. The third-order valence-electron chi connectivity index (χ3n) is 4.78. The predicted molar refractivity (Wildman–Crippen MR) is 94.6 cm³/mol. The average molecular weight is 354 g/mol. The molecule has 0 saturated carbocycles. The third kappa shape index (κ3) is 2.55. The van der Waals surface area contributed by atoms with Crippen LogP contribution in [-0.2, 0) is 6.42 Å². The Labute approximate surface area is 149 Å². The second-order valence-electron chi connectivity index (χ2n) is 6.45. The first-order chi connectivity index (χ1) is 12.0. The van der Waals surface area contributed by atoms with Gasteiger partial charge in [-0.3, -0.25) is 9.59 Å². The zero-order valence-corrected chi connectivity index (χ0v) is 14.7. The molecule has 5 nitrogen and oxygen atoms in total. The van der Waals surface area contributed by atoms with E-state index in [4.69, 9.17) is 11.6 Å². The summed E-state index contributed by atoms with van der Waals surface area (Å²) in [6.07, 6.45) is 2.68. The molecule has 0 aliphatic heterocycles. The van der Waals surface area contributed by atoms with Crippen LogP contribution in [0.3, 0.4) is 0 Å². The Morgan fingerprint density at radius 1 is 1.24 bits per heavy atom. The first-order valence-electron chi connectivity index (χ1n) is 8.12. The van der Waals surface area contributed by atoms with Gasteiger partial charge in [0.05, 0.1) is 22.5 Å². The van der Waals surface area contributed by atoms with E-state index in [2.05, 4.69) is 10.1 Å². The number of benzene rings is 1. The zero-order valence-electron chi connectivity index (χ0n) is 13.9. The summed E-state index contributed by atoms with van der Waals surface area (Å²) in [6.45, 7) is 3.30. The molecule has 0 saturated heterocycles. The number of hydrogen-bond acceptors (Lipinski definition) is 4. The van der Waals surface area contributed by atoms with Crippen LogP contribution >= 0.6 is 11.6 Å². The number of carbonyl (C=O) groups excluding carboxylic acids is 2. The van der Waals surface area contributed by atoms with Gasteiger partial charge in [0.15, 0.2) is 17.2 Å². The molecule has 0 fully saturated rings. The van der Waals surface area contributed by atoms with Crippen LogP contribution in [0.1, 0.15) is 56.9 Å². The summed E-state index contributed by atoms with van der Waals surface area (Å²) in [6, 6.07) is 7.59. The maximum absolute atomic E-state index is 12.6. The van der Waals surface area contributed by atoms with Crippen molar-refractivity contribution >= 4 is 28.8 Å². The number of hydrogen-bond donors (Lipinski definition) is 0. The Balaban J connectivity index is 1.86. The minimum absolute atomic E-state index is 0.0492. The Morgan fingerprint density at radius 2 is 1.96 bits per heavy atom. The molecule has 1 atom stereocenters. The number of ketones is 2. The van der Waals surface area contributed by atoms with E-state index in [1.54, 1.807) is 17.6 Å². The van der Waals surface area contributed by atoms with E-state index in [-0.39, 0.29) is 17.5 Å². The highest BCUT2D eigenvalue weighted by Crippen LogP contribution is 2.33. The van der Waals surface area contributed by atoms with Gasteiger partial charge in [0.2, 0.25) is 0 Å². The summed E-state index contributed by atoms with van der Waals surface area (Å²) in [5, 5.41) is 5.16. The van der Waals surface area contributed by atoms with Gasteiger partial charge >= 0.3 is 0 Å². The van der Waals surface area contributed by atoms with Gasteiger partial charge in [0.1, 0.15) is 0 Å².